The Hall–Kier alpha value is -1.14. The van der Waals surface area contributed by atoms with Gasteiger partial charge in [-0.2, -0.15) is 0 Å². The van der Waals surface area contributed by atoms with Crippen LogP contribution in [0.15, 0.2) is 0 Å². The van der Waals surface area contributed by atoms with Crippen molar-refractivity contribution in [2.75, 3.05) is 13.2 Å². The van der Waals surface area contributed by atoms with E-state index in [9.17, 15) is 19.8 Å². The largest absolute Gasteiger partial charge is 0.466 e. The lowest BCUT2D eigenvalue weighted by Gasteiger charge is -2.22. The third-order valence-electron chi connectivity index (χ3n) is 13.4. The van der Waals surface area contributed by atoms with Gasteiger partial charge >= 0.3 is 5.97 Å². The molecule has 6 heteroatoms. The number of hydrogen-bond donors (Lipinski definition) is 3. The summed E-state index contributed by atoms with van der Waals surface area (Å²) in [6.45, 7) is 4.96. The molecule has 6 nitrogen and oxygen atoms in total. The van der Waals surface area contributed by atoms with Crippen LogP contribution in [-0.2, 0) is 14.3 Å². The number of aliphatic hydroxyl groups is 2. The van der Waals surface area contributed by atoms with E-state index in [1.54, 1.807) is 0 Å². The highest BCUT2D eigenvalue weighted by molar-refractivity contribution is 5.76. The Balaban J connectivity index is 3.40. The molecule has 0 saturated heterocycles. The summed E-state index contributed by atoms with van der Waals surface area (Å²) in [5, 5.41) is 23.3. The molecule has 3 N–H and O–H groups in total. The van der Waals surface area contributed by atoms with Gasteiger partial charge in [-0.1, -0.05) is 284 Å². The molecule has 0 aliphatic carbocycles. The van der Waals surface area contributed by atoms with Gasteiger partial charge in [-0.3, -0.25) is 9.59 Å². The first-order valence-corrected chi connectivity index (χ1v) is 28.3. The Morgan fingerprint density at radius 3 is 0.984 bits per heavy atom. The van der Waals surface area contributed by atoms with Gasteiger partial charge < -0.3 is 20.3 Å². The monoisotopic (exact) mass is 878 g/mol. The maximum Gasteiger partial charge on any atom is 0.305 e. The van der Waals surface area contributed by atoms with Crippen LogP contribution in [0.5, 0.6) is 0 Å². The average molecular weight is 879 g/mol. The normalized spacial score (nSPS) is 12.5. The number of carbonyl (C=O) groups excluding carboxylic acids is 2. The molecule has 0 saturated carbocycles. The minimum absolute atomic E-state index is 0.00631. The fourth-order valence-corrected chi connectivity index (χ4v) is 9.05. The molecular weight excluding hydrogens is 767 g/mol. The van der Waals surface area contributed by atoms with E-state index in [1.807, 2.05) is 0 Å². The number of unbranched alkanes of at least 4 members (excludes halogenated alkanes) is 42. The second-order valence-corrected chi connectivity index (χ2v) is 19.6. The summed E-state index contributed by atoms with van der Waals surface area (Å²) in [5.74, 6) is -0.0328. The topological polar surface area (TPSA) is 95.9 Å². The zero-order chi connectivity index (χ0) is 45.1. The van der Waals surface area contributed by atoms with Crippen molar-refractivity contribution >= 4 is 11.9 Å². The fraction of sp³-hybridized carbons (Fsp3) is 0.964. The fourth-order valence-electron chi connectivity index (χ4n) is 9.05. The van der Waals surface area contributed by atoms with Crippen molar-refractivity contribution in [2.24, 2.45) is 0 Å². The number of esters is 1. The lowest BCUT2D eigenvalue weighted by Crippen LogP contribution is -2.45. The number of aliphatic hydroxyl groups excluding tert-OH is 2. The second kappa shape index (κ2) is 52.5. The highest BCUT2D eigenvalue weighted by Crippen LogP contribution is 2.18. The first-order valence-electron chi connectivity index (χ1n) is 28.3. The third kappa shape index (κ3) is 48.3. The molecule has 2 unspecified atom stereocenters. The number of ether oxygens (including phenoxy) is 1. The molecule has 0 bridgehead atoms. The smallest absolute Gasteiger partial charge is 0.305 e. The van der Waals surface area contributed by atoms with Crippen molar-refractivity contribution in [1.82, 2.24) is 5.32 Å². The van der Waals surface area contributed by atoms with E-state index in [0.717, 1.165) is 38.5 Å². The highest BCUT2D eigenvalue weighted by atomic mass is 16.5. The van der Waals surface area contributed by atoms with Crippen molar-refractivity contribution < 1.29 is 24.5 Å². The Morgan fingerprint density at radius 1 is 0.387 bits per heavy atom. The highest BCUT2D eigenvalue weighted by Gasteiger charge is 2.20. The molecule has 0 aromatic heterocycles. The second-order valence-electron chi connectivity index (χ2n) is 19.6. The molecule has 0 aromatic rings. The predicted octanol–water partition coefficient (Wildman–Crippen LogP) is 17.1. The Kier molecular flexibility index (Phi) is 51.5. The summed E-state index contributed by atoms with van der Waals surface area (Å²) in [7, 11) is 0. The average Bonchev–Trinajstić information content (AvgIpc) is 3.27. The van der Waals surface area contributed by atoms with E-state index >= 15 is 0 Å². The third-order valence-corrected chi connectivity index (χ3v) is 13.4. The molecule has 0 aromatic carbocycles. The van der Waals surface area contributed by atoms with Crippen molar-refractivity contribution in [3.8, 4) is 0 Å². The number of hydrogen-bond acceptors (Lipinski definition) is 5. The summed E-state index contributed by atoms with van der Waals surface area (Å²) < 4.78 is 5.48. The molecule has 0 aliphatic rings. The van der Waals surface area contributed by atoms with Gasteiger partial charge in [0, 0.05) is 12.8 Å². The molecule has 0 radical (unpaired) electrons. The van der Waals surface area contributed by atoms with Crippen LogP contribution in [0.1, 0.15) is 322 Å². The molecule has 2 atom stereocenters. The first kappa shape index (κ1) is 60.9. The minimum Gasteiger partial charge on any atom is -0.466 e. The van der Waals surface area contributed by atoms with Crippen molar-refractivity contribution in [2.45, 2.75) is 334 Å². The van der Waals surface area contributed by atoms with Crippen LogP contribution in [0.3, 0.4) is 0 Å². The van der Waals surface area contributed by atoms with Gasteiger partial charge in [-0.05, 0) is 25.7 Å². The Labute approximate surface area is 387 Å². The van der Waals surface area contributed by atoms with E-state index in [4.69, 9.17) is 4.74 Å². The van der Waals surface area contributed by atoms with Crippen molar-refractivity contribution in [3.05, 3.63) is 0 Å². The SMILES string of the molecule is CCCCCCCCCCCCCCCCCC(O)C(CO)NC(=O)CCCCCCCCCCCCCCCCCCOC(=O)CCCCCCCCCCCCCCCC. The van der Waals surface area contributed by atoms with E-state index in [-0.39, 0.29) is 18.5 Å². The van der Waals surface area contributed by atoms with Crippen LogP contribution in [0.4, 0.5) is 0 Å². The molecule has 0 rings (SSSR count). The Morgan fingerprint density at radius 2 is 0.661 bits per heavy atom. The Bertz CT molecular complexity index is 882. The minimum atomic E-state index is -0.667. The zero-order valence-corrected chi connectivity index (χ0v) is 42.1. The summed E-state index contributed by atoms with van der Waals surface area (Å²) in [6, 6.07) is -0.545. The van der Waals surface area contributed by atoms with Crippen LogP contribution >= 0.6 is 0 Å². The van der Waals surface area contributed by atoms with Gasteiger partial charge in [0.05, 0.1) is 25.4 Å². The summed E-state index contributed by atoms with van der Waals surface area (Å²) in [6.07, 6.45) is 59.4. The molecular formula is C56H111NO5. The summed E-state index contributed by atoms with van der Waals surface area (Å²) in [5.41, 5.74) is 0. The summed E-state index contributed by atoms with van der Waals surface area (Å²) in [4.78, 5) is 24.5. The van der Waals surface area contributed by atoms with E-state index in [0.29, 0.717) is 25.9 Å². The van der Waals surface area contributed by atoms with Gasteiger partial charge in [-0.25, -0.2) is 0 Å². The van der Waals surface area contributed by atoms with Gasteiger partial charge in [0.1, 0.15) is 0 Å². The number of rotatable bonds is 53. The van der Waals surface area contributed by atoms with Gasteiger partial charge in [-0.15, -0.1) is 0 Å². The van der Waals surface area contributed by atoms with E-state index < -0.39 is 12.1 Å². The van der Waals surface area contributed by atoms with Crippen LogP contribution in [-0.4, -0.2) is 47.4 Å². The molecule has 62 heavy (non-hydrogen) atoms. The standard InChI is InChI=1S/C56H111NO5/c1-3-5-7-9-11-13-15-17-21-24-28-32-36-40-44-48-54(59)53(52-58)57-55(60)49-45-41-37-33-29-25-22-19-20-23-27-31-35-39-43-47-51-62-56(61)50-46-42-38-34-30-26-18-16-14-12-10-8-6-4-2/h53-54,58-59H,3-52H2,1-2H3,(H,57,60). The van der Waals surface area contributed by atoms with Crippen molar-refractivity contribution in [1.29, 1.82) is 0 Å². The first-order chi connectivity index (χ1) is 30.5. The van der Waals surface area contributed by atoms with Crippen molar-refractivity contribution in [3.63, 3.8) is 0 Å². The van der Waals surface area contributed by atoms with Crippen LogP contribution in [0.2, 0.25) is 0 Å². The van der Waals surface area contributed by atoms with Gasteiger partial charge in [0.25, 0.3) is 0 Å². The molecule has 0 fully saturated rings. The number of carbonyl (C=O) groups is 2. The molecule has 0 spiro atoms. The predicted molar refractivity (Wildman–Crippen MR) is 269 cm³/mol. The van der Waals surface area contributed by atoms with Crippen LogP contribution in [0, 0.1) is 0 Å². The van der Waals surface area contributed by atoms with Gasteiger partial charge in [0.2, 0.25) is 5.91 Å². The van der Waals surface area contributed by atoms with E-state index in [1.165, 1.54) is 250 Å². The number of nitrogens with one attached hydrogen (secondary N) is 1. The quantitative estimate of drug-likeness (QED) is 0.0418. The number of amides is 1. The van der Waals surface area contributed by atoms with Gasteiger partial charge in [0.15, 0.2) is 0 Å². The van der Waals surface area contributed by atoms with E-state index in [2.05, 4.69) is 19.2 Å². The molecule has 370 valence electrons. The molecule has 1 amide bonds. The molecule has 0 aliphatic heterocycles. The molecule has 0 heterocycles. The summed E-state index contributed by atoms with van der Waals surface area (Å²) >= 11 is 0. The maximum atomic E-state index is 12.5. The lowest BCUT2D eigenvalue weighted by atomic mass is 10.0. The maximum absolute atomic E-state index is 12.5. The van der Waals surface area contributed by atoms with Crippen LogP contribution in [0.25, 0.3) is 0 Å². The van der Waals surface area contributed by atoms with Crippen LogP contribution < -0.4 is 5.32 Å². The zero-order valence-electron chi connectivity index (χ0n) is 42.1. The lowest BCUT2D eigenvalue weighted by molar-refractivity contribution is -0.143.